The molecule has 5 amide bonds. The Hall–Kier alpha value is -5.99. The number of unbranched alkanes of at least 4 members (excludes halogenated alkanes) is 1. The average molecular weight is 857 g/mol. The van der Waals surface area contributed by atoms with Crippen LogP contribution in [0.2, 0.25) is 5.02 Å². The van der Waals surface area contributed by atoms with Crippen molar-refractivity contribution in [2.24, 2.45) is 0 Å². The number of hydrogen-bond donors (Lipinski definition) is 4. The lowest BCUT2D eigenvalue weighted by molar-refractivity contribution is -0.136. The van der Waals surface area contributed by atoms with E-state index in [0.29, 0.717) is 58.5 Å². The number of piperidine rings is 2. The molecule has 7 rings (SSSR count). The third-order valence-corrected chi connectivity index (χ3v) is 12.5. The normalized spacial score (nSPS) is 17.0. The number of anilines is 5. The molecule has 4 heterocycles. The van der Waals surface area contributed by atoms with E-state index in [2.05, 4.69) is 36.1 Å². The Bertz CT molecular complexity index is 2380. The number of rotatable bonds is 15. The van der Waals surface area contributed by atoms with Crippen molar-refractivity contribution < 1.29 is 38.0 Å². The Labute approximate surface area is 352 Å². The molecule has 2 saturated heterocycles. The molecule has 0 bridgehead atoms. The van der Waals surface area contributed by atoms with Crippen LogP contribution in [0.25, 0.3) is 0 Å². The zero-order valence-corrected chi connectivity index (χ0v) is 35.1. The van der Waals surface area contributed by atoms with Crippen molar-refractivity contribution in [2.75, 3.05) is 55.7 Å². The monoisotopic (exact) mass is 856 g/mol. The third kappa shape index (κ3) is 9.40. The summed E-state index contributed by atoms with van der Waals surface area (Å²) in [4.78, 5) is 75.3. The minimum absolute atomic E-state index is 0.0361. The van der Waals surface area contributed by atoms with Crippen LogP contribution in [0.3, 0.4) is 0 Å². The fraction of sp³-hybridized carbons (Fsp3) is 0.357. The van der Waals surface area contributed by atoms with Gasteiger partial charge in [0.25, 0.3) is 11.8 Å². The summed E-state index contributed by atoms with van der Waals surface area (Å²) in [6, 6.07) is 16.9. The molecule has 0 spiro atoms. The van der Waals surface area contributed by atoms with Gasteiger partial charge in [-0.2, -0.15) is 4.98 Å². The molecule has 60 heavy (non-hydrogen) atoms. The van der Waals surface area contributed by atoms with Crippen molar-refractivity contribution in [3.8, 4) is 11.5 Å². The third-order valence-electron chi connectivity index (χ3n) is 10.6. The highest BCUT2D eigenvalue weighted by Crippen LogP contribution is 2.39. The quantitative estimate of drug-likeness (QED) is 0.0654. The van der Waals surface area contributed by atoms with Gasteiger partial charge in [-0.25, -0.2) is 4.98 Å². The number of ether oxygens (including phenoxy) is 2. The maximum atomic E-state index is 13.3. The van der Waals surface area contributed by atoms with E-state index in [1.165, 1.54) is 12.3 Å². The molecule has 0 radical (unpaired) electrons. The van der Waals surface area contributed by atoms with Crippen LogP contribution in [0.15, 0.2) is 66.9 Å². The summed E-state index contributed by atoms with van der Waals surface area (Å²) in [6.45, 7) is 5.11. The van der Waals surface area contributed by atoms with Crippen molar-refractivity contribution >= 4 is 82.4 Å². The molecule has 18 heteroatoms. The van der Waals surface area contributed by atoms with Gasteiger partial charge in [0, 0.05) is 49.0 Å². The lowest BCUT2D eigenvalue weighted by Crippen LogP contribution is -2.54. The van der Waals surface area contributed by atoms with Gasteiger partial charge in [0.2, 0.25) is 23.7 Å². The van der Waals surface area contributed by atoms with Crippen molar-refractivity contribution in [2.45, 2.75) is 57.0 Å². The summed E-state index contributed by atoms with van der Waals surface area (Å²) in [5.41, 5.74) is 2.53. The van der Waals surface area contributed by atoms with Gasteiger partial charge < -0.3 is 34.9 Å². The fourth-order valence-corrected chi connectivity index (χ4v) is 8.84. The topological polar surface area (TPSA) is 201 Å². The van der Waals surface area contributed by atoms with Gasteiger partial charge in [-0.3, -0.25) is 34.2 Å². The van der Waals surface area contributed by atoms with E-state index in [1.54, 1.807) is 32.6 Å². The van der Waals surface area contributed by atoms with Crippen LogP contribution in [0.4, 0.5) is 28.8 Å². The number of aromatic nitrogens is 2. The van der Waals surface area contributed by atoms with Crippen molar-refractivity contribution in [1.29, 1.82) is 0 Å². The minimum atomic E-state index is -2.57. The Morgan fingerprint density at radius 2 is 1.72 bits per heavy atom. The van der Waals surface area contributed by atoms with Crippen LogP contribution in [-0.2, 0) is 18.9 Å². The van der Waals surface area contributed by atoms with Crippen molar-refractivity contribution in [3.63, 3.8) is 0 Å². The zero-order chi connectivity index (χ0) is 42.6. The van der Waals surface area contributed by atoms with E-state index in [1.807, 2.05) is 42.5 Å². The molecule has 16 nitrogen and oxygen atoms in total. The standard InChI is InChI=1S/C42H46ClN8O8P/c1-58-33-23-26(14-15-29(33)47-42-44-24-28(43)38(49-42)46-30-10-4-5-12-34(30)60(2,3)57)50-20-18-25(19-21-50)45-35(52)13-6-7-22-59-32-11-8-9-27-37(32)41(56)51(40(27)55)31-16-17-36(53)48-39(31)54/h4-5,8-12,14-15,23-25,31H,6-7,13,16-22H2,1-3H3,(H,45,52)(H,48,53,54)(H2,44,46,47,49). The van der Waals surface area contributed by atoms with E-state index in [-0.39, 0.29) is 48.3 Å². The molecule has 3 aliphatic rings. The number of halogens is 1. The van der Waals surface area contributed by atoms with Gasteiger partial charge in [0.1, 0.15) is 29.7 Å². The van der Waals surface area contributed by atoms with Crippen molar-refractivity contribution in [3.05, 3.63) is 83.0 Å². The van der Waals surface area contributed by atoms with Gasteiger partial charge in [-0.1, -0.05) is 29.8 Å². The summed E-state index contributed by atoms with van der Waals surface area (Å²) in [6.07, 6.45) is 4.54. The molecular formula is C42H46ClN8O8P. The predicted octanol–water partition coefficient (Wildman–Crippen LogP) is 5.61. The molecule has 3 aromatic carbocycles. The molecule has 314 valence electrons. The van der Waals surface area contributed by atoms with E-state index < -0.39 is 36.8 Å². The predicted molar refractivity (Wildman–Crippen MR) is 228 cm³/mol. The maximum absolute atomic E-state index is 13.3. The first-order chi connectivity index (χ1) is 28.8. The van der Waals surface area contributed by atoms with Gasteiger partial charge in [0.15, 0.2) is 5.82 Å². The highest BCUT2D eigenvalue weighted by molar-refractivity contribution is 7.70. The second kappa shape index (κ2) is 18.1. The number of carbonyl (C=O) groups excluding carboxylic acids is 5. The average Bonchev–Trinajstić information content (AvgIpc) is 3.48. The number of carbonyl (C=O) groups is 5. The van der Waals surface area contributed by atoms with E-state index in [0.717, 1.165) is 36.5 Å². The van der Waals surface area contributed by atoms with E-state index in [4.69, 9.17) is 21.1 Å². The first kappa shape index (κ1) is 42.1. The Morgan fingerprint density at radius 3 is 2.47 bits per heavy atom. The van der Waals surface area contributed by atoms with Gasteiger partial charge >= 0.3 is 0 Å². The van der Waals surface area contributed by atoms with E-state index >= 15 is 0 Å². The first-order valence-corrected chi connectivity index (χ1v) is 22.7. The number of nitrogens with zero attached hydrogens (tertiary/aromatic N) is 4. The largest absolute Gasteiger partial charge is 0.494 e. The van der Waals surface area contributed by atoms with E-state index in [9.17, 15) is 28.5 Å². The first-order valence-electron chi connectivity index (χ1n) is 19.7. The summed E-state index contributed by atoms with van der Waals surface area (Å²) in [5, 5.41) is 12.8. The molecule has 1 unspecified atom stereocenters. The fourth-order valence-electron chi connectivity index (χ4n) is 7.55. The van der Waals surface area contributed by atoms with Crippen LogP contribution < -0.4 is 40.9 Å². The van der Waals surface area contributed by atoms with Gasteiger partial charge in [-0.05, 0) is 81.8 Å². The zero-order valence-electron chi connectivity index (χ0n) is 33.5. The maximum Gasteiger partial charge on any atom is 0.266 e. The number of imide groups is 2. The van der Waals surface area contributed by atoms with Crippen LogP contribution in [0, 0.1) is 0 Å². The molecule has 0 saturated carbocycles. The molecule has 4 N–H and O–H groups in total. The summed E-state index contributed by atoms with van der Waals surface area (Å²) in [5.74, 6) is -0.892. The smallest absolute Gasteiger partial charge is 0.266 e. The summed E-state index contributed by atoms with van der Waals surface area (Å²) < 4.78 is 24.5. The minimum Gasteiger partial charge on any atom is -0.494 e. The SMILES string of the molecule is COc1cc(N2CCC(NC(=O)CCCCOc3cccc4c3C(=O)N(C3CCC(=O)NC3=O)C4=O)CC2)ccc1Nc1ncc(Cl)c(Nc2ccccc2P(C)(C)=O)n1. The van der Waals surface area contributed by atoms with Crippen LogP contribution in [0.5, 0.6) is 11.5 Å². The van der Waals surface area contributed by atoms with Crippen LogP contribution in [0.1, 0.15) is 65.7 Å². The molecule has 3 aliphatic heterocycles. The number of amides is 5. The van der Waals surface area contributed by atoms with Crippen LogP contribution >= 0.6 is 18.7 Å². The highest BCUT2D eigenvalue weighted by Gasteiger charge is 2.46. The number of methoxy groups -OCH3 is 1. The molecular weight excluding hydrogens is 811 g/mol. The van der Waals surface area contributed by atoms with Crippen molar-refractivity contribution in [1.82, 2.24) is 25.5 Å². The lowest BCUT2D eigenvalue weighted by Gasteiger charge is -2.34. The molecule has 1 atom stereocenters. The molecule has 1 aromatic heterocycles. The molecule has 4 aromatic rings. The Kier molecular flexibility index (Phi) is 12.7. The molecule has 2 fully saturated rings. The number of hydrogen-bond acceptors (Lipinski definition) is 13. The number of para-hydroxylation sites is 1. The second-order valence-electron chi connectivity index (χ2n) is 15.2. The number of benzene rings is 3. The number of nitrogens with one attached hydrogen (secondary N) is 4. The van der Waals surface area contributed by atoms with Gasteiger partial charge in [-0.15, -0.1) is 0 Å². The number of fused-ring (bicyclic) bond motifs is 1. The van der Waals surface area contributed by atoms with Crippen LogP contribution in [-0.4, -0.2) is 96.6 Å². The Balaban J connectivity index is 0.860. The van der Waals surface area contributed by atoms with Gasteiger partial charge in [0.05, 0.1) is 42.4 Å². The summed E-state index contributed by atoms with van der Waals surface area (Å²) in [7, 11) is -0.981. The lowest BCUT2D eigenvalue weighted by atomic mass is 10.0. The molecule has 0 aliphatic carbocycles. The highest BCUT2D eigenvalue weighted by atomic mass is 35.5. The summed E-state index contributed by atoms with van der Waals surface area (Å²) >= 11 is 6.45. The second-order valence-corrected chi connectivity index (χ2v) is 18.7. The Morgan fingerprint density at radius 1 is 0.933 bits per heavy atom.